The zero-order valence-electron chi connectivity index (χ0n) is 11.0. The van der Waals surface area contributed by atoms with Crippen LogP contribution in [0.15, 0.2) is 12.1 Å². The van der Waals surface area contributed by atoms with Crippen molar-refractivity contribution in [2.75, 3.05) is 32.1 Å². The molecule has 7 heteroatoms. The van der Waals surface area contributed by atoms with Gasteiger partial charge in [-0.25, -0.2) is 4.98 Å². The van der Waals surface area contributed by atoms with E-state index in [1.807, 2.05) is 0 Å². The summed E-state index contributed by atoms with van der Waals surface area (Å²) in [5.41, 5.74) is 5.69. The number of anilines is 1. The average Bonchev–Trinajstić information content (AvgIpc) is 2.38. The molecule has 1 aromatic rings. The van der Waals surface area contributed by atoms with Gasteiger partial charge >= 0.3 is 0 Å². The van der Waals surface area contributed by atoms with Crippen LogP contribution in [-0.2, 0) is 4.79 Å². The predicted molar refractivity (Wildman–Crippen MR) is 74.3 cm³/mol. The number of hydrogen-bond donors (Lipinski definition) is 1. The SMILES string of the molecule is CN(C)c1cc(C(=O)N(C=O)CCCN)cc(Cl)n1. The molecular weight excluding hydrogens is 268 g/mol. The molecule has 0 saturated heterocycles. The van der Waals surface area contributed by atoms with Crippen molar-refractivity contribution in [3.05, 3.63) is 22.8 Å². The van der Waals surface area contributed by atoms with Gasteiger partial charge in [-0.1, -0.05) is 11.6 Å². The number of carbonyl (C=O) groups excluding carboxylic acids is 2. The van der Waals surface area contributed by atoms with Crippen molar-refractivity contribution >= 4 is 29.7 Å². The van der Waals surface area contributed by atoms with E-state index in [0.717, 1.165) is 4.90 Å². The van der Waals surface area contributed by atoms with Gasteiger partial charge in [-0.3, -0.25) is 14.5 Å². The zero-order chi connectivity index (χ0) is 14.4. The number of halogens is 1. The second-order valence-corrected chi connectivity index (χ2v) is 4.56. The van der Waals surface area contributed by atoms with Crippen molar-refractivity contribution in [3.8, 4) is 0 Å². The molecule has 1 heterocycles. The summed E-state index contributed by atoms with van der Waals surface area (Å²) in [4.78, 5) is 30.0. The van der Waals surface area contributed by atoms with Crippen LogP contribution in [0.2, 0.25) is 5.15 Å². The third-order valence-electron chi connectivity index (χ3n) is 2.48. The summed E-state index contributed by atoms with van der Waals surface area (Å²) in [5.74, 6) is 0.149. The Morgan fingerprint density at radius 3 is 2.68 bits per heavy atom. The molecule has 6 nitrogen and oxygen atoms in total. The average molecular weight is 285 g/mol. The molecule has 1 rings (SSSR count). The number of rotatable bonds is 6. The Balaban J connectivity index is 3.00. The van der Waals surface area contributed by atoms with Crippen LogP contribution in [-0.4, -0.2) is 49.4 Å². The van der Waals surface area contributed by atoms with E-state index in [-0.39, 0.29) is 11.7 Å². The van der Waals surface area contributed by atoms with E-state index in [9.17, 15) is 9.59 Å². The minimum Gasteiger partial charge on any atom is -0.363 e. The normalized spacial score (nSPS) is 10.1. The van der Waals surface area contributed by atoms with Crippen molar-refractivity contribution in [1.82, 2.24) is 9.88 Å². The number of nitrogens with zero attached hydrogens (tertiary/aromatic N) is 3. The van der Waals surface area contributed by atoms with Gasteiger partial charge < -0.3 is 10.6 Å². The molecule has 0 radical (unpaired) electrons. The van der Waals surface area contributed by atoms with E-state index >= 15 is 0 Å². The molecule has 0 aliphatic rings. The Kier molecular flexibility index (Phi) is 5.72. The molecule has 19 heavy (non-hydrogen) atoms. The Labute approximate surface area is 117 Å². The van der Waals surface area contributed by atoms with Crippen LogP contribution in [0, 0.1) is 0 Å². The smallest absolute Gasteiger partial charge is 0.260 e. The fourth-order valence-corrected chi connectivity index (χ4v) is 1.67. The molecule has 0 aromatic carbocycles. The molecule has 0 fully saturated rings. The maximum absolute atomic E-state index is 12.2. The number of hydrogen-bond acceptors (Lipinski definition) is 5. The molecule has 0 atom stereocenters. The van der Waals surface area contributed by atoms with Crippen molar-refractivity contribution in [2.45, 2.75) is 6.42 Å². The molecule has 0 bridgehead atoms. The molecule has 2 N–H and O–H groups in total. The number of amides is 2. The van der Waals surface area contributed by atoms with E-state index in [0.29, 0.717) is 30.8 Å². The minimum atomic E-state index is -0.407. The highest BCUT2D eigenvalue weighted by molar-refractivity contribution is 6.30. The number of imide groups is 1. The first-order valence-corrected chi connectivity index (χ1v) is 6.18. The first-order chi connectivity index (χ1) is 8.99. The number of pyridine rings is 1. The lowest BCUT2D eigenvalue weighted by Crippen LogP contribution is -2.31. The molecule has 0 unspecified atom stereocenters. The molecule has 0 saturated carbocycles. The summed E-state index contributed by atoms with van der Waals surface area (Å²) < 4.78 is 0. The maximum Gasteiger partial charge on any atom is 0.260 e. The molecule has 104 valence electrons. The minimum absolute atomic E-state index is 0.208. The Bertz CT molecular complexity index is 465. The lowest BCUT2D eigenvalue weighted by atomic mass is 10.2. The molecule has 0 aliphatic heterocycles. The van der Waals surface area contributed by atoms with Crippen LogP contribution in [0.3, 0.4) is 0 Å². The standard InChI is InChI=1S/C12H17ClN4O2/c1-16(2)11-7-9(6-10(13)15-11)12(19)17(8-18)5-3-4-14/h6-8H,3-5,14H2,1-2H3. The lowest BCUT2D eigenvalue weighted by Gasteiger charge is -2.17. The maximum atomic E-state index is 12.2. The van der Waals surface area contributed by atoms with Crippen molar-refractivity contribution < 1.29 is 9.59 Å². The second kappa shape index (κ2) is 7.06. The summed E-state index contributed by atoms with van der Waals surface area (Å²) in [6, 6.07) is 3.03. The summed E-state index contributed by atoms with van der Waals surface area (Å²) in [7, 11) is 3.58. The van der Waals surface area contributed by atoms with Crippen molar-refractivity contribution in [2.24, 2.45) is 5.73 Å². The number of nitrogens with two attached hydrogens (primary N) is 1. The van der Waals surface area contributed by atoms with E-state index in [1.54, 1.807) is 25.1 Å². The van der Waals surface area contributed by atoms with Crippen LogP contribution >= 0.6 is 11.6 Å². The summed E-state index contributed by atoms with van der Waals surface area (Å²) >= 11 is 5.87. The van der Waals surface area contributed by atoms with E-state index in [1.165, 1.54) is 6.07 Å². The lowest BCUT2D eigenvalue weighted by molar-refractivity contribution is -0.116. The van der Waals surface area contributed by atoms with Crippen LogP contribution in [0.1, 0.15) is 16.8 Å². The number of carbonyl (C=O) groups is 2. The molecule has 1 aromatic heterocycles. The first kappa shape index (κ1) is 15.4. The monoisotopic (exact) mass is 284 g/mol. The molecule has 2 amide bonds. The van der Waals surface area contributed by atoms with Gasteiger partial charge in [0.15, 0.2) is 0 Å². The van der Waals surface area contributed by atoms with Gasteiger partial charge in [0.05, 0.1) is 0 Å². The van der Waals surface area contributed by atoms with Gasteiger partial charge in [-0.05, 0) is 25.1 Å². The fraction of sp³-hybridized carbons (Fsp3) is 0.417. The predicted octanol–water partition coefficient (Wildman–Crippen LogP) is 0.748. The molecular formula is C12H17ClN4O2. The second-order valence-electron chi connectivity index (χ2n) is 4.18. The van der Waals surface area contributed by atoms with Gasteiger partial charge in [-0.2, -0.15) is 0 Å². The summed E-state index contributed by atoms with van der Waals surface area (Å²) in [6.07, 6.45) is 1.06. The van der Waals surface area contributed by atoms with Crippen molar-refractivity contribution in [3.63, 3.8) is 0 Å². The van der Waals surface area contributed by atoms with Gasteiger partial charge in [0, 0.05) is 26.2 Å². The quantitative estimate of drug-likeness (QED) is 0.616. The Hall–Kier alpha value is -1.66. The highest BCUT2D eigenvalue weighted by Crippen LogP contribution is 2.17. The van der Waals surface area contributed by atoms with Gasteiger partial charge in [-0.15, -0.1) is 0 Å². The third-order valence-corrected chi connectivity index (χ3v) is 2.67. The highest BCUT2D eigenvalue weighted by Gasteiger charge is 2.16. The molecule has 0 spiro atoms. The van der Waals surface area contributed by atoms with Crippen LogP contribution in [0.4, 0.5) is 5.82 Å². The van der Waals surface area contributed by atoms with E-state index in [4.69, 9.17) is 17.3 Å². The van der Waals surface area contributed by atoms with Crippen molar-refractivity contribution in [1.29, 1.82) is 0 Å². The zero-order valence-corrected chi connectivity index (χ0v) is 11.7. The van der Waals surface area contributed by atoms with Crippen LogP contribution in [0.5, 0.6) is 0 Å². The topological polar surface area (TPSA) is 79.5 Å². The van der Waals surface area contributed by atoms with Gasteiger partial charge in [0.1, 0.15) is 11.0 Å². The summed E-state index contributed by atoms with van der Waals surface area (Å²) in [5, 5.41) is 0.208. The fourth-order valence-electron chi connectivity index (χ4n) is 1.47. The van der Waals surface area contributed by atoms with Crippen LogP contribution < -0.4 is 10.6 Å². The van der Waals surface area contributed by atoms with Crippen LogP contribution in [0.25, 0.3) is 0 Å². The number of aromatic nitrogens is 1. The largest absolute Gasteiger partial charge is 0.363 e. The van der Waals surface area contributed by atoms with Gasteiger partial charge in [0.2, 0.25) is 6.41 Å². The first-order valence-electron chi connectivity index (χ1n) is 5.81. The Morgan fingerprint density at radius 1 is 1.47 bits per heavy atom. The Morgan fingerprint density at radius 2 is 2.16 bits per heavy atom. The van der Waals surface area contributed by atoms with E-state index in [2.05, 4.69) is 4.98 Å². The van der Waals surface area contributed by atoms with Gasteiger partial charge in [0.25, 0.3) is 5.91 Å². The third kappa shape index (κ3) is 4.18. The summed E-state index contributed by atoms with van der Waals surface area (Å²) in [6.45, 7) is 0.702. The molecule has 0 aliphatic carbocycles. The van der Waals surface area contributed by atoms with E-state index < -0.39 is 5.91 Å². The highest BCUT2D eigenvalue weighted by atomic mass is 35.5.